The van der Waals surface area contributed by atoms with Gasteiger partial charge in [-0.1, -0.05) is 23.8 Å². The number of aromatic nitrogens is 2. The van der Waals surface area contributed by atoms with Crippen LogP contribution in [0.5, 0.6) is 0 Å². The lowest BCUT2D eigenvalue weighted by Crippen LogP contribution is -2.71. The summed E-state index contributed by atoms with van der Waals surface area (Å²) in [5.41, 5.74) is 15.7. The van der Waals surface area contributed by atoms with Crippen LogP contribution in [0.25, 0.3) is 0 Å². The largest absolute Gasteiger partial charge is 0.478 e. The van der Waals surface area contributed by atoms with Gasteiger partial charge in [0.05, 0.1) is 0 Å². The summed E-state index contributed by atoms with van der Waals surface area (Å²) in [7, 11) is 0. The molecule has 0 bridgehead atoms. The van der Waals surface area contributed by atoms with Crippen LogP contribution in [0.1, 0.15) is 33.0 Å². The molecule has 232 valence electrons. The summed E-state index contributed by atoms with van der Waals surface area (Å²) in [4.78, 5) is 66.5. The first kappa shape index (κ1) is 32.0. The molecule has 0 saturated carbocycles. The van der Waals surface area contributed by atoms with Crippen LogP contribution in [-0.4, -0.2) is 105 Å². The molecule has 4 rings (SSSR count). The summed E-state index contributed by atoms with van der Waals surface area (Å²) in [5, 5.41) is 25.4. The van der Waals surface area contributed by atoms with Gasteiger partial charge in [0.15, 0.2) is 10.3 Å². The zero-order valence-electron chi connectivity index (χ0n) is 23.2. The number of fused-ring (bicyclic) bond motifs is 1. The van der Waals surface area contributed by atoms with Crippen molar-refractivity contribution in [2.45, 2.75) is 50.4 Å². The number of amidine groups is 1. The van der Waals surface area contributed by atoms with Gasteiger partial charge in [0.2, 0.25) is 17.1 Å². The lowest BCUT2D eigenvalue weighted by Gasteiger charge is -2.49. The Balaban J connectivity index is 1.51. The molecule has 20 heteroatoms. The van der Waals surface area contributed by atoms with E-state index in [4.69, 9.17) is 22.0 Å². The van der Waals surface area contributed by atoms with E-state index in [0.717, 1.165) is 22.9 Å². The van der Waals surface area contributed by atoms with Crippen LogP contribution in [0.3, 0.4) is 0 Å². The third-order valence-corrected chi connectivity index (χ3v) is 9.26. The maximum absolute atomic E-state index is 13.2. The number of carbonyl (C=O) groups excluding carboxylic acids is 2. The van der Waals surface area contributed by atoms with E-state index in [-0.39, 0.29) is 34.0 Å². The number of carboxylic acid groups (broad SMARTS) is 2. The number of carboxylic acids is 2. The van der Waals surface area contributed by atoms with Gasteiger partial charge in [0.25, 0.3) is 11.8 Å². The fourth-order valence-corrected chi connectivity index (χ4v) is 7.08. The van der Waals surface area contributed by atoms with E-state index in [1.165, 1.54) is 37.4 Å². The summed E-state index contributed by atoms with van der Waals surface area (Å²) < 4.78 is 3.93. The number of amides is 2. The molecule has 2 unspecified atom stereocenters. The van der Waals surface area contributed by atoms with E-state index in [1.54, 1.807) is 6.08 Å². The van der Waals surface area contributed by atoms with Gasteiger partial charge in [0.1, 0.15) is 29.1 Å². The maximum Gasteiger partial charge on any atom is 0.352 e. The highest BCUT2D eigenvalue weighted by Gasteiger charge is 2.54. The van der Waals surface area contributed by atoms with Crippen molar-refractivity contribution in [2.75, 3.05) is 23.8 Å². The molecular weight excluding hydrogens is 625 g/mol. The van der Waals surface area contributed by atoms with Crippen molar-refractivity contribution in [3.8, 4) is 0 Å². The smallest absolute Gasteiger partial charge is 0.352 e. The molecule has 0 aromatic carbocycles. The first-order valence-electron chi connectivity index (χ1n) is 12.8. The predicted molar refractivity (Wildman–Crippen MR) is 160 cm³/mol. The SMILES string of the molecule is CCCN1C(SCC2=C(C(=O)O)N3C(=O)C(NC(=O)/C(=N\OC(C)(C)C(=O)O)c4nsc(N)n4)[C@@H]3SC2)=NC(N)=CC1N. The van der Waals surface area contributed by atoms with Gasteiger partial charge < -0.3 is 42.5 Å². The number of nitrogens with zero attached hydrogens (tertiary/aromatic N) is 6. The van der Waals surface area contributed by atoms with Crippen LogP contribution in [0.4, 0.5) is 5.13 Å². The highest BCUT2D eigenvalue weighted by atomic mass is 32.2. The third kappa shape index (κ3) is 6.71. The van der Waals surface area contributed by atoms with Crippen molar-refractivity contribution in [1.82, 2.24) is 24.5 Å². The molecule has 1 aromatic heterocycles. The number of rotatable bonds is 11. The number of aliphatic carboxylic acids is 2. The second-order valence-corrected chi connectivity index (χ2v) is 12.7. The molecule has 1 aromatic rings. The van der Waals surface area contributed by atoms with Crippen molar-refractivity contribution >= 4 is 74.8 Å². The summed E-state index contributed by atoms with van der Waals surface area (Å²) in [5.74, 6) is -3.72. The fraction of sp³-hybridized carbons (Fsp3) is 0.478. The number of oxime groups is 1. The Morgan fingerprint density at radius 2 is 2.02 bits per heavy atom. The van der Waals surface area contributed by atoms with Crippen LogP contribution in [0, 0.1) is 0 Å². The average molecular weight is 655 g/mol. The number of nitrogens with one attached hydrogen (secondary N) is 1. The molecule has 4 heterocycles. The van der Waals surface area contributed by atoms with E-state index in [0.29, 0.717) is 17.3 Å². The Kier molecular flexibility index (Phi) is 9.52. The second kappa shape index (κ2) is 12.8. The maximum atomic E-state index is 13.2. The molecule has 3 atom stereocenters. The minimum absolute atomic E-state index is 0.0149. The highest BCUT2D eigenvalue weighted by Crippen LogP contribution is 2.41. The molecule has 1 fully saturated rings. The van der Waals surface area contributed by atoms with Gasteiger partial charge in [-0.3, -0.25) is 14.5 Å². The number of hydrogen-bond acceptors (Lipinski definition) is 16. The topological polar surface area (TPSA) is 265 Å². The van der Waals surface area contributed by atoms with Gasteiger partial charge in [-0.25, -0.2) is 14.6 Å². The minimum atomic E-state index is -1.80. The van der Waals surface area contributed by atoms with Crippen molar-refractivity contribution in [3.05, 3.63) is 29.0 Å². The van der Waals surface area contributed by atoms with Gasteiger partial charge in [-0.2, -0.15) is 9.36 Å². The van der Waals surface area contributed by atoms with Crippen molar-refractivity contribution in [3.63, 3.8) is 0 Å². The Labute approximate surface area is 257 Å². The molecule has 0 radical (unpaired) electrons. The number of thioether (sulfide) groups is 2. The summed E-state index contributed by atoms with van der Waals surface area (Å²) in [6, 6.07) is -1.11. The van der Waals surface area contributed by atoms with Crippen molar-refractivity contribution < 1.29 is 34.2 Å². The van der Waals surface area contributed by atoms with Gasteiger partial charge in [0, 0.05) is 29.6 Å². The molecule has 2 amide bonds. The Morgan fingerprint density at radius 1 is 1.30 bits per heavy atom. The van der Waals surface area contributed by atoms with Gasteiger partial charge in [-0.05, 0) is 31.9 Å². The summed E-state index contributed by atoms with van der Waals surface area (Å²) in [6.45, 7) is 5.06. The first-order chi connectivity index (χ1) is 20.2. The molecule has 3 aliphatic heterocycles. The number of nitrogens with two attached hydrogens (primary N) is 3. The first-order valence-corrected chi connectivity index (χ1v) is 15.6. The van der Waals surface area contributed by atoms with Crippen LogP contribution in [0.15, 0.2) is 33.3 Å². The van der Waals surface area contributed by atoms with Crippen molar-refractivity contribution in [1.29, 1.82) is 0 Å². The van der Waals surface area contributed by atoms with Crippen LogP contribution >= 0.6 is 35.1 Å². The molecule has 43 heavy (non-hydrogen) atoms. The quantitative estimate of drug-likeness (QED) is 0.0982. The third-order valence-electron chi connectivity index (χ3n) is 6.30. The van der Waals surface area contributed by atoms with Crippen molar-refractivity contribution in [2.24, 2.45) is 21.6 Å². The number of carbonyl (C=O) groups is 4. The number of β-lactam (4-membered cyclic amide) rings is 1. The molecular formula is C23H30N10O7S3. The highest BCUT2D eigenvalue weighted by molar-refractivity contribution is 8.14. The number of aliphatic imine (C=N–C) groups is 1. The number of anilines is 1. The number of hydrogen-bond donors (Lipinski definition) is 6. The number of nitrogen functional groups attached to an aromatic ring is 1. The van der Waals surface area contributed by atoms with Crippen LogP contribution in [0.2, 0.25) is 0 Å². The van der Waals surface area contributed by atoms with E-state index in [1.807, 2.05) is 11.8 Å². The molecule has 17 nitrogen and oxygen atoms in total. The predicted octanol–water partition coefficient (Wildman–Crippen LogP) is -0.657. The monoisotopic (exact) mass is 654 g/mol. The van der Waals surface area contributed by atoms with E-state index in [2.05, 4.69) is 24.8 Å². The molecule has 3 aliphatic rings. The molecule has 0 aliphatic carbocycles. The van der Waals surface area contributed by atoms with Gasteiger partial charge >= 0.3 is 11.9 Å². The summed E-state index contributed by atoms with van der Waals surface area (Å²) >= 11 is 3.31. The molecule has 0 spiro atoms. The van der Waals surface area contributed by atoms with Gasteiger partial charge in [-0.15, -0.1) is 11.8 Å². The normalized spacial score (nSPS) is 22.4. The lowest BCUT2D eigenvalue weighted by molar-refractivity contribution is -0.161. The Morgan fingerprint density at radius 3 is 2.63 bits per heavy atom. The zero-order chi connectivity index (χ0) is 31.6. The van der Waals surface area contributed by atoms with Crippen LogP contribution < -0.4 is 22.5 Å². The van der Waals surface area contributed by atoms with E-state index < -0.39 is 52.6 Å². The Bertz CT molecular complexity index is 1460. The average Bonchev–Trinajstić information content (AvgIpc) is 3.36. The minimum Gasteiger partial charge on any atom is -0.478 e. The standard InChI is InChI=1S/C23H30N10O7S3/c1-4-5-32-11(25)6-10(24)27-22(32)42-8-9-7-41-18-13(17(35)33(18)14(9)19(36)37)28-16(34)12(15-29-21(26)43-31-15)30-40-23(2,3)20(38)39/h6,11,13,18H,4-5,7-8,24-25H2,1-3H3,(H,28,34)(H,36,37)(H,38,39)(H2,26,29,31)/b30-12-/t11?,13?,18-/m0/s1. The summed E-state index contributed by atoms with van der Waals surface area (Å²) in [6.07, 6.45) is 1.97. The van der Waals surface area contributed by atoms with E-state index >= 15 is 0 Å². The second-order valence-electron chi connectivity index (χ2n) is 9.88. The van der Waals surface area contributed by atoms with E-state index in [9.17, 15) is 29.4 Å². The molecule has 9 N–H and O–H groups in total. The zero-order valence-corrected chi connectivity index (χ0v) is 25.7. The fourth-order valence-electron chi connectivity index (χ4n) is 4.07. The molecule has 1 saturated heterocycles. The van der Waals surface area contributed by atoms with Crippen LogP contribution in [-0.2, 0) is 24.0 Å². The Hall–Kier alpha value is -3.88. The lowest BCUT2D eigenvalue weighted by atomic mass is 10.0.